The van der Waals surface area contributed by atoms with E-state index in [1.165, 1.54) is 39.2 Å². The van der Waals surface area contributed by atoms with E-state index in [1.54, 1.807) is 4.90 Å². The fourth-order valence-corrected chi connectivity index (χ4v) is 3.92. The minimum atomic E-state index is -0.558. The van der Waals surface area contributed by atoms with Crippen LogP contribution in [0.25, 0.3) is 0 Å². The molecule has 1 saturated carbocycles. The fraction of sp³-hybridized carbons (Fsp3) is 0.889. The van der Waals surface area contributed by atoms with E-state index in [0.29, 0.717) is 24.8 Å². The molecule has 5 heteroatoms. The predicted molar refractivity (Wildman–Crippen MR) is 88.0 cm³/mol. The van der Waals surface area contributed by atoms with Gasteiger partial charge in [0.2, 0.25) is 0 Å². The summed E-state index contributed by atoms with van der Waals surface area (Å²) < 4.78 is 10.4. The zero-order chi connectivity index (χ0) is 17.0. The first kappa shape index (κ1) is 18.1. The van der Waals surface area contributed by atoms with Gasteiger partial charge in [-0.25, -0.2) is 9.59 Å². The Hall–Kier alpha value is -1.26. The van der Waals surface area contributed by atoms with Crippen molar-refractivity contribution < 1.29 is 19.1 Å². The van der Waals surface area contributed by atoms with Crippen LogP contribution >= 0.6 is 0 Å². The van der Waals surface area contributed by atoms with E-state index in [4.69, 9.17) is 9.47 Å². The SMILES string of the molecule is COC(=O)[C@@H]1C[C@@H](C2CCCCC2)CCN1C(=O)OC(C)(C)C. The van der Waals surface area contributed by atoms with E-state index in [-0.39, 0.29) is 5.97 Å². The van der Waals surface area contributed by atoms with Crippen molar-refractivity contribution in [1.29, 1.82) is 0 Å². The van der Waals surface area contributed by atoms with Crippen molar-refractivity contribution in [1.82, 2.24) is 4.90 Å². The van der Waals surface area contributed by atoms with Gasteiger partial charge >= 0.3 is 12.1 Å². The number of carbonyl (C=O) groups is 2. The van der Waals surface area contributed by atoms with Gasteiger partial charge in [0.1, 0.15) is 11.6 Å². The number of amides is 1. The maximum Gasteiger partial charge on any atom is 0.411 e. The number of hydrogen-bond acceptors (Lipinski definition) is 4. The Morgan fingerprint density at radius 2 is 1.65 bits per heavy atom. The number of carbonyl (C=O) groups excluding carboxylic acids is 2. The summed E-state index contributed by atoms with van der Waals surface area (Å²) in [5.74, 6) is 0.881. The molecule has 2 atom stereocenters. The highest BCUT2D eigenvalue weighted by Gasteiger charge is 2.41. The minimum absolute atomic E-state index is 0.323. The highest BCUT2D eigenvalue weighted by atomic mass is 16.6. The topological polar surface area (TPSA) is 55.8 Å². The third-order valence-corrected chi connectivity index (χ3v) is 5.06. The molecular formula is C18H31NO4. The van der Waals surface area contributed by atoms with Crippen LogP contribution in [0, 0.1) is 11.8 Å². The van der Waals surface area contributed by atoms with Gasteiger partial charge in [-0.2, -0.15) is 0 Å². The zero-order valence-corrected chi connectivity index (χ0v) is 15.0. The summed E-state index contributed by atoms with van der Waals surface area (Å²) >= 11 is 0. The molecule has 0 radical (unpaired) electrons. The van der Waals surface area contributed by atoms with Crippen LogP contribution in [-0.4, -0.2) is 42.3 Å². The molecule has 1 amide bonds. The number of esters is 1. The van der Waals surface area contributed by atoms with Crippen LogP contribution in [0.5, 0.6) is 0 Å². The number of likely N-dealkylation sites (tertiary alicyclic amines) is 1. The van der Waals surface area contributed by atoms with Crippen molar-refractivity contribution >= 4 is 12.1 Å². The van der Waals surface area contributed by atoms with E-state index >= 15 is 0 Å². The first-order chi connectivity index (χ1) is 10.8. The summed E-state index contributed by atoms with van der Waals surface area (Å²) in [4.78, 5) is 26.2. The fourth-order valence-electron chi connectivity index (χ4n) is 3.92. The predicted octanol–water partition coefficient (Wildman–Crippen LogP) is 3.76. The molecule has 1 aliphatic heterocycles. The molecule has 2 rings (SSSR count). The number of rotatable bonds is 2. The normalized spacial score (nSPS) is 26.7. The lowest BCUT2D eigenvalue weighted by Gasteiger charge is -2.41. The van der Waals surface area contributed by atoms with Gasteiger partial charge in [-0.05, 0) is 45.4 Å². The highest BCUT2D eigenvalue weighted by Crippen LogP contribution is 2.38. The van der Waals surface area contributed by atoms with Gasteiger partial charge in [-0.1, -0.05) is 32.1 Å². The maximum absolute atomic E-state index is 12.4. The Labute approximate surface area is 139 Å². The van der Waals surface area contributed by atoms with Gasteiger partial charge in [0.15, 0.2) is 0 Å². The van der Waals surface area contributed by atoms with Crippen LogP contribution in [0.4, 0.5) is 4.79 Å². The zero-order valence-electron chi connectivity index (χ0n) is 15.0. The van der Waals surface area contributed by atoms with E-state index in [9.17, 15) is 9.59 Å². The summed E-state index contributed by atoms with van der Waals surface area (Å²) in [6.45, 7) is 6.10. The molecule has 0 N–H and O–H groups in total. The van der Waals surface area contributed by atoms with Gasteiger partial charge in [0.05, 0.1) is 7.11 Å². The van der Waals surface area contributed by atoms with Crippen molar-refractivity contribution in [2.75, 3.05) is 13.7 Å². The highest BCUT2D eigenvalue weighted by molar-refractivity contribution is 5.81. The first-order valence-corrected chi connectivity index (χ1v) is 8.89. The van der Waals surface area contributed by atoms with Crippen molar-refractivity contribution in [3.8, 4) is 0 Å². The Morgan fingerprint density at radius 3 is 2.22 bits per heavy atom. The van der Waals surface area contributed by atoms with Gasteiger partial charge in [0.25, 0.3) is 0 Å². The van der Waals surface area contributed by atoms with Crippen molar-refractivity contribution in [2.45, 2.75) is 77.4 Å². The van der Waals surface area contributed by atoms with Crippen molar-refractivity contribution in [2.24, 2.45) is 11.8 Å². The molecule has 1 heterocycles. The molecule has 0 aromatic heterocycles. The molecule has 0 spiro atoms. The average Bonchev–Trinajstić information content (AvgIpc) is 2.52. The molecule has 132 valence electrons. The smallest absolute Gasteiger partial charge is 0.411 e. The number of piperidine rings is 1. The van der Waals surface area contributed by atoms with Gasteiger partial charge in [-0.3, -0.25) is 4.90 Å². The lowest BCUT2D eigenvalue weighted by Crippen LogP contribution is -2.52. The molecule has 0 aromatic carbocycles. The molecule has 5 nitrogen and oxygen atoms in total. The van der Waals surface area contributed by atoms with Crippen molar-refractivity contribution in [3.05, 3.63) is 0 Å². The molecule has 0 bridgehead atoms. The minimum Gasteiger partial charge on any atom is -0.467 e. The summed E-state index contributed by atoms with van der Waals surface area (Å²) in [5, 5.41) is 0. The standard InChI is InChI=1S/C18H31NO4/c1-18(2,3)23-17(21)19-11-10-14(12-15(19)16(20)22-4)13-8-6-5-7-9-13/h13-15H,5-12H2,1-4H3/t14-,15-/m0/s1. The van der Waals surface area contributed by atoms with Crippen LogP contribution in [0.3, 0.4) is 0 Å². The summed E-state index contributed by atoms with van der Waals surface area (Å²) in [7, 11) is 1.39. The van der Waals surface area contributed by atoms with Crippen LogP contribution in [0.15, 0.2) is 0 Å². The number of nitrogens with zero attached hydrogens (tertiary/aromatic N) is 1. The van der Waals surface area contributed by atoms with Gasteiger partial charge in [-0.15, -0.1) is 0 Å². The third kappa shape index (κ3) is 4.85. The Bertz CT molecular complexity index is 423. The molecule has 2 aliphatic rings. The monoisotopic (exact) mass is 325 g/mol. The molecule has 0 unspecified atom stereocenters. The van der Waals surface area contributed by atoms with Crippen LogP contribution in [0.1, 0.15) is 65.7 Å². The second-order valence-electron chi connectivity index (χ2n) is 7.90. The lowest BCUT2D eigenvalue weighted by molar-refractivity contribution is -0.149. The summed E-state index contributed by atoms with van der Waals surface area (Å²) in [6.07, 6.45) is 7.67. The Balaban J connectivity index is 2.05. The molecule has 1 aliphatic carbocycles. The molecule has 0 aromatic rings. The number of methoxy groups -OCH3 is 1. The van der Waals surface area contributed by atoms with Crippen molar-refractivity contribution in [3.63, 3.8) is 0 Å². The lowest BCUT2D eigenvalue weighted by atomic mass is 9.74. The molecule has 1 saturated heterocycles. The van der Waals surface area contributed by atoms with E-state index < -0.39 is 17.7 Å². The average molecular weight is 325 g/mol. The molecule has 23 heavy (non-hydrogen) atoms. The Kier molecular flexibility index (Phi) is 5.93. The molecule has 2 fully saturated rings. The number of hydrogen-bond donors (Lipinski definition) is 0. The second kappa shape index (κ2) is 7.54. The van der Waals surface area contributed by atoms with Gasteiger partial charge in [0, 0.05) is 6.54 Å². The second-order valence-corrected chi connectivity index (χ2v) is 7.90. The third-order valence-electron chi connectivity index (χ3n) is 5.06. The van der Waals surface area contributed by atoms with Crippen LogP contribution in [-0.2, 0) is 14.3 Å². The van der Waals surface area contributed by atoms with Gasteiger partial charge < -0.3 is 9.47 Å². The van der Waals surface area contributed by atoms with E-state index in [1.807, 2.05) is 20.8 Å². The maximum atomic E-state index is 12.4. The number of ether oxygens (including phenoxy) is 2. The largest absolute Gasteiger partial charge is 0.467 e. The van der Waals surface area contributed by atoms with Crippen LogP contribution < -0.4 is 0 Å². The summed E-state index contributed by atoms with van der Waals surface area (Å²) in [5.41, 5.74) is -0.558. The summed E-state index contributed by atoms with van der Waals surface area (Å²) in [6, 6.07) is -0.504. The van der Waals surface area contributed by atoms with E-state index in [2.05, 4.69) is 0 Å². The van der Waals surface area contributed by atoms with Crippen LogP contribution in [0.2, 0.25) is 0 Å². The Morgan fingerprint density at radius 1 is 1.00 bits per heavy atom. The quantitative estimate of drug-likeness (QED) is 0.726. The first-order valence-electron chi connectivity index (χ1n) is 8.89. The van der Waals surface area contributed by atoms with E-state index in [0.717, 1.165) is 6.42 Å². The molecular weight excluding hydrogens is 294 g/mol.